The van der Waals surface area contributed by atoms with E-state index in [4.69, 9.17) is 0 Å². The molecule has 1 nitrogen and oxygen atoms in total. The van der Waals surface area contributed by atoms with Crippen molar-refractivity contribution in [1.82, 2.24) is 0 Å². The second kappa shape index (κ2) is 4.95. The number of fused-ring (bicyclic) bond motifs is 5. The molecular weight excluding hydrogens is 268 g/mol. The summed E-state index contributed by atoms with van der Waals surface area (Å²) in [6.07, 6.45) is 14.6. The van der Waals surface area contributed by atoms with Crippen LogP contribution in [0.1, 0.15) is 72.1 Å². The minimum atomic E-state index is 0.264. The highest BCUT2D eigenvalue weighted by Gasteiger charge is 2.60. The molecule has 4 rings (SSSR count). The molecule has 0 aliphatic heterocycles. The molecule has 0 radical (unpaired) electrons. The van der Waals surface area contributed by atoms with Crippen LogP contribution < -0.4 is 0 Å². The fourth-order valence-corrected chi connectivity index (χ4v) is 7.43. The molecule has 0 spiro atoms. The van der Waals surface area contributed by atoms with Gasteiger partial charge in [-0.2, -0.15) is 0 Å². The van der Waals surface area contributed by atoms with Crippen molar-refractivity contribution in [2.24, 2.45) is 40.4 Å². The fraction of sp³-hybridized carbons (Fsp3) is 0.857. The van der Waals surface area contributed by atoms with E-state index < -0.39 is 0 Å². The van der Waals surface area contributed by atoms with Gasteiger partial charge < -0.3 is 0 Å². The summed E-state index contributed by atoms with van der Waals surface area (Å²) in [4.78, 5) is 12.9. The minimum Gasteiger partial charge on any atom is -0.299 e. The second-order valence-corrected chi connectivity index (χ2v) is 9.24. The molecule has 0 N–H and O–H groups in total. The van der Waals surface area contributed by atoms with Crippen molar-refractivity contribution in [2.75, 3.05) is 0 Å². The molecule has 0 aromatic heterocycles. The molecule has 0 amide bonds. The predicted molar refractivity (Wildman–Crippen MR) is 90.4 cm³/mol. The van der Waals surface area contributed by atoms with Crippen LogP contribution in [0.5, 0.6) is 0 Å². The molecule has 3 fully saturated rings. The summed E-state index contributed by atoms with van der Waals surface area (Å²) in [5.41, 5.74) is 0.796. The van der Waals surface area contributed by atoms with Gasteiger partial charge in [-0.15, -0.1) is 0 Å². The number of rotatable bonds is 1. The Morgan fingerprint density at radius 3 is 2.64 bits per heavy atom. The van der Waals surface area contributed by atoms with Crippen LogP contribution >= 0.6 is 0 Å². The topological polar surface area (TPSA) is 17.1 Å². The smallest absolute Gasteiger partial charge is 0.137 e. The first-order valence-corrected chi connectivity index (χ1v) is 9.68. The van der Waals surface area contributed by atoms with E-state index in [0.29, 0.717) is 23.0 Å². The monoisotopic (exact) mass is 300 g/mol. The lowest BCUT2D eigenvalue weighted by Crippen LogP contribution is -2.55. The first-order valence-electron chi connectivity index (χ1n) is 9.68. The van der Waals surface area contributed by atoms with Crippen molar-refractivity contribution in [2.45, 2.75) is 72.1 Å². The van der Waals surface area contributed by atoms with E-state index in [1.807, 2.05) is 0 Å². The van der Waals surface area contributed by atoms with Gasteiger partial charge >= 0.3 is 0 Å². The maximum Gasteiger partial charge on any atom is 0.137 e. The highest BCUT2D eigenvalue weighted by molar-refractivity contribution is 5.83. The zero-order valence-corrected chi connectivity index (χ0v) is 14.6. The SMILES string of the molecule is CC[C@H]1CC[C@H]2[C@@H]3CC(=O)C4CC=CC[C@]4(C)[C@H]3CC[C@]12C. The Labute approximate surface area is 135 Å². The third-order valence-corrected chi connectivity index (χ3v) is 8.69. The molecule has 22 heavy (non-hydrogen) atoms. The van der Waals surface area contributed by atoms with Crippen molar-refractivity contribution < 1.29 is 4.79 Å². The summed E-state index contributed by atoms with van der Waals surface area (Å²) < 4.78 is 0. The zero-order valence-electron chi connectivity index (χ0n) is 14.6. The molecule has 4 aliphatic rings. The van der Waals surface area contributed by atoms with Crippen LogP contribution in [0.4, 0.5) is 0 Å². The van der Waals surface area contributed by atoms with E-state index in [1.165, 1.54) is 32.1 Å². The van der Waals surface area contributed by atoms with E-state index in [1.54, 1.807) is 0 Å². The molecule has 3 saturated carbocycles. The number of Topliss-reactive ketones (excluding diaryl/α,β-unsaturated/α-hetero) is 1. The van der Waals surface area contributed by atoms with Gasteiger partial charge in [-0.05, 0) is 73.0 Å². The van der Waals surface area contributed by atoms with Gasteiger partial charge in [0.05, 0.1) is 0 Å². The lowest BCUT2D eigenvalue weighted by Gasteiger charge is -2.59. The largest absolute Gasteiger partial charge is 0.299 e. The highest BCUT2D eigenvalue weighted by atomic mass is 16.1. The third kappa shape index (κ3) is 1.80. The molecule has 0 saturated heterocycles. The Balaban J connectivity index is 1.69. The Bertz CT molecular complexity index is 506. The van der Waals surface area contributed by atoms with Crippen LogP contribution in [0.15, 0.2) is 12.2 Å². The number of carbonyl (C=O) groups excluding carboxylic acids is 1. The molecule has 0 aromatic carbocycles. The van der Waals surface area contributed by atoms with Crippen LogP contribution in [0.3, 0.4) is 0 Å². The Hall–Kier alpha value is -0.590. The van der Waals surface area contributed by atoms with Crippen LogP contribution in [0, 0.1) is 40.4 Å². The van der Waals surface area contributed by atoms with Crippen LogP contribution in [-0.2, 0) is 4.79 Å². The van der Waals surface area contributed by atoms with Gasteiger partial charge in [-0.1, -0.05) is 39.3 Å². The van der Waals surface area contributed by atoms with Gasteiger partial charge in [0.2, 0.25) is 0 Å². The maximum absolute atomic E-state index is 12.9. The highest BCUT2D eigenvalue weighted by Crippen LogP contribution is 2.66. The quantitative estimate of drug-likeness (QED) is 0.592. The Kier molecular flexibility index (Phi) is 3.37. The van der Waals surface area contributed by atoms with Crippen molar-refractivity contribution in [3.63, 3.8) is 0 Å². The van der Waals surface area contributed by atoms with E-state index in [2.05, 4.69) is 32.9 Å². The summed E-state index contributed by atoms with van der Waals surface area (Å²) in [7, 11) is 0. The van der Waals surface area contributed by atoms with Gasteiger partial charge in [0.1, 0.15) is 5.78 Å². The summed E-state index contributed by atoms with van der Waals surface area (Å²) >= 11 is 0. The number of carbonyl (C=O) groups is 1. The third-order valence-electron chi connectivity index (χ3n) is 8.69. The summed E-state index contributed by atoms with van der Waals surface area (Å²) in [6.45, 7) is 7.39. The van der Waals surface area contributed by atoms with Crippen molar-refractivity contribution in [1.29, 1.82) is 0 Å². The van der Waals surface area contributed by atoms with Crippen LogP contribution in [-0.4, -0.2) is 5.78 Å². The zero-order chi connectivity index (χ0) is 15.5. The van der Waals surface area contributed by atoms with Gasteiger partial charge in [-0.3, -0.25) is 4.79 Å². The molecule has 4 aliphatic carbocycles. The lowest BCUT2D eigenvalue weighted by molar-refractivity contribution is -0.148. The Morgan fingerprint density at radius 1 is 1.09 bits per heavy atom. The van der Waals surface area contributed by atoms with E-state index in [9.17, 15) is 4.79 Å². The second-order valence-electron chi connectivity index (χ2n) is 9.24. The molecule has 7 atom stereocenters. The van der Waals surface area contributed by atoms with Gasteiger partial charge in [-0.25, -0.2) is 0 Å². The number of hydrogen-bond donors (Lipinski definition) is 0. The van der Waals surface area contributed by atoms with Gasteiger partial charge in [0.15, 0.2) is 0 Å². The fourth-order valence-electron chi connectivity index (χ4n) is 7.43. The van der Waals surface area contributed by atoms with E-state index >= 15 is 0 Å². The molecule has 1 heteroatoms. The van der Waals surface area contributed by atoms with Crippen molar-refractivity contribution in [3.8, 4) is 0 Å². The van der Waals surface area contributed by atoms with Gasteiger partial charge in [0, 0.05) is 12.3 Å². The predicted octanol–water partition coefficient (Wildman–Crippen LogP) is 5.40. The first-order chi connectivity index (χ1) is 10.5. The molecule has 0 bridgehead atoms. The van der Waals surface area contributed by atoms with Crippen LogP contribution in [0.25, 0.3) is 0 Å². The first kappa shape index (κ1) is 15.0. The summed E-state index contributed by atoms with van der Waals surface area (Å²) in [5.74, 6) is 4.14. The summed E-state index contributed by atoms with van der Waals surface area (Å²) in [5, 5.41) is 0. The van der Waals surface area contributed by atoms with Crippen LogP contribution in [0.2, 0.25) is 0 Å². The van der Waals surface area contributed by atoms with E-state index in [0.717, 1.165) is 37.0 Å². The average Bonchev–Trinajstić information content (AvgIpc) is 2.84. The standard InChI is InChI=1S/C21H32O/c1-4-14-8-9-16-15-13-19(22)18-7-5-6-11-21(18,3)17(15)10-12-20(14,16)2/h5-6,14-18H,4,7-13H2,1-3H3/t14-,15-,16-,17-,18?,20+,21+/m0/s1. The summed E-state index contributed by atoms with van der Waals surface area (Å²) in [6, 6.07) is 0. The lowest BCUT2D eigenvalue weighted by atomic mass is 9.45. The molecular formula is C21H32O. The molecule has 122 valence electrons. The normalized spacial score (nSPS) is 53.8. The van der Waals surface area contributed by atoms with Crippen molar-refractivity contribution >= 4 is 5.78 Å². The maximum atomic E-state index is 12.9. The van der Waals surface area contributed by atoms with E-state index in [-0.39, 0.29) is 5.41 Å². The molecule has 0 aromatic rings. The Morgan fingerprint density at radius 2 is 1.86 bits per heavy atom. The number of hydrogen-bond acceptors (Lipinski definition) is 1. The van der Waals surface area contributed by atoms with Gasteiger partial charge in [0.25, 0.3) is 0 Å². The minimum absolute atomic E-state index is 0.264. The molecule has 1 unspecified atom stereocenters. The molecule has 0 heterocycles. The number of allylic oxidation sites excluding steroid dienone is 2. The number of ketones is 1. The van der Waals surface area contributed by atoms with Crippen molar-refractivity contribution in [3.05, 3.63) is 12.2 Å². The average molecular weight is 300 g/mol.